The predicted molar refractivity (Wildman–Crippen MR) is 165 cm³/mol. The van der Waals surface area contributed by atoms with E-state index in [4.69, 9.17) is 4.99 Å². The first kappa shape index (κ1) is 27.9. The quantitative estimate of drug-likeness (QED) is 0.190. The molecule has 0 spiro atoms. The Balaban J connectivity index is 1.40. The van der Waals surface area contributed by atoms with Crippen molar-refractivity contribution in [3.8, 4) is 5.88 Å². The highest BCUT2D eigenvalue weighted by Gasteiger charge is 2.36. The number of hydrogen-bond donors (Lipinski definition) is 2. The normalized spacial score (nSPS) is 18.5. The van der Waals surface area contributed by atoms with Crippen LogP contribution in [0.25, 0.3) is 10.9 Å². The number of aromatic hydroxyl groups is 1. The zero-order valence-electron chi connectivity index (χ0n) is 23.7. The third kappa shape index (κ3) is 5.14. The second kappa shape index (κ2) is 11.2. The summed E-state index contributed by atoms with van der Waals surface area (Å²) in [6.07, 6.45) is 6.96. The lowest BCUT2D eigenvalue weighted by atomic mass is 10.0. The third-order valence-electron chi connectivity index (χ3n) is 8.17. The zero-order valence-corrected chi connectivity index (χ0v) is 24.5. The van der Waals surface area contributed by atoms with E-state index in [2.05, 4.69) is 17.1 Å². The van der Waals surface area contributed by atoms with Gasteiger partial charge in [0, 0.05) is 42.2 Å². The van der Waals surface area contributed by atoms with E-state index in [0.717, 1.165) is 31.4 Å². The van der Waals surface area contributed by atoms with Gasteiger partial charge in [0.05, 0.1) is 27.9 Å². The highest BCUT2D eigenvalue weighted by molar-refractivity contribution is 7.89. The summed E-state index contributed by atoms with van der Waals surface area (Å²) in [4.78, 5) is 23.1. The first-order valence-corrected chi connectivity index (χ1v) is 15.7. The molecule has 0 saturated carbocycles. The van der Waals surface area contributed by atoms with Gasteiger partial charge >= 0.3 is 0 Å². The number of likely N-dealkylation sites (tertiary alicyclic amines) is 1. The zero-order chi connectivity index (χ0) is 29.4. The van der Waals surface area contributed by atoms with Gasteiger partial charge in [0.25, 0.3) is 5.91 Å². The van der Waals surface area contributed by atoms with Crippen molar-refractivity contribution in [3.63, 3.8) is 0 Å². The molecule has 42 heavy (non-hydrogen) atoms. The lowest BCUT2D eigenvalue weighted by Gasteiger charge is -2.24. The summed E-state index contributed by atoms with van der Waals surface area (Å²) < 4.78 is 28.0. The fraction of sp³-hybridized carbons (Fsp3) is 0.273. The molecule has 4 aromatic rings. The molecule has 0 radical (unpaired) electrons. The van der Waals surface area contributed by atoms with Gasteiger partial charge in [-0.25, -0.2) is 17.7 Å². The topological polar surface area (TPSA) is 106 Å². The molecule has 8 nitrogen and oxygen atoms in total. The summed E-state index contributed by atoms with van der Waals surface area (Å²) in [7, 11) is -2.14. The number of nitrogens with one attached hydrogen (secondary N) is 1. The van der Waals surface area contributed by atoms with Crippen LogP contribution in [0.4, 0.5) is 5.69 Å². The molecule has 2 unspecified atom stereocenters. The molecule has 1 fully saturated rings. The van der Waals surface area contributed by atoms with Gasteiger partial charge in [-0.05, 0) is 61.2 Å². The monoisotopic (exact) mass is 582 g/mol. The Morgan fingerprint density at radius 2 is 1.81 bits per heavy atom. The first-order valence-electron chi connectivity index (χ1n) is 14.3. The minimum absolute atomic E-state index is 0.0116. The number of aliphatic imine (C=N–C) groups is 1. The molecule has 2 heterocycles. The molecular weight excluding hydrogens is 548 g/mol. The molecule has 2 atom stereocenters. The highest BCUT2D eigenvalue weighted by Crippen LogP contribution is 2.35. The number of hydrogen-bond acceptors (Lipinski definition) is 5. The molecule has 3 aromatic carbocycles. The molecule has 2 bridgehead atoms. The van der Waals surface area contributed by atoms with Crippen molar-refractivity contribution in [1.82, 2.24) is 14.2 Å². The first-order chi connectivity index (χ1) is 20.3. The van der Waals surface area contributed by atoms with Crippen LogP contribution in [0, 0.1) is 5.92 Å². The molecule has 2 aliphatic rings. The van der Waals surface area contributed by atoms with Crippen molar-refractivity contribution >= 4 is 38.2 Å². The van der Waals surface area contributed by atoms with Crippen LogP contribution in [0.3, 0.4) is 0 Å². The molecule has 1 saturated heterocycles. The molecule has 216 valence electrons. The van der Waals surface area contributed by atoms with Crippen molar-refractivity contribution in [2.45, 2.75) is 37.1 Å². The average molecular weight is 583 g/mol. The van der Waals surface area contributed by atoms with E-state index in [1.807, 2.05) is 42.2 Å². The summed E-state index contributed by atoms with van der Waals surface area (Å²) >= 11 is 0. The van der Waals surface area contributed by atoms with Crippen molar-refractivity contribution in [2.24, 2.45) is 10.9 Å². The van der Waals surface area contributed by atoms with Gasteiger partial charge in [0.2, 0.25) is 10.0 Å². The van der Waals surface area contributed by atoms with E-state index in [1.165, 1.54) is 4.31 Å². The minimum atomic E-state index is -3.72. The van der Waals surface area contributed by atoms with Gasteiger partial charge in [-0.1, -0.05) is 55.8 Å². The van der Waals surface area contributed by atoms with E-state index in [-0.39, 0.29) is 22.7 Å². The number of aromatic amines is 1. The predicted octanol–water partition coefficient (Wildman–Crippen LogP) is 5.86. The number of sulfonamides is 1. The molecular formula is C33H34N4O4S. The van der Waals surface area contributed by atoms with Crippen molar-refractivity contribution in [1.29, 1.82) is 0 Å². The molecule has 1 amide bonds. The lowest BCUT2D eigenvalue weighted by Crippen LogP contribution is -2.35. The molecule has 1 aliphatic carbocycles. The number of aromatic nitrogens is 1. The molecule has 2 N–H and O–H groups in total. The Kier molecular flexibility index (Phi) is 7.47. The van der Waals surface area contributed by atoms with Gasteiger partial charge < -0.3 is 15.0 Å². The number of nitrogens with zero attached hydrogens (tertiary/aromatic N) is 3. The lowest BCUT2D eigenvalue weighted by molar-refractivity contribution is 0.0754. The van der Waals surface area contributed by atoms with Gasteiger partial charge in [-0.2, -0.15) is 0 Å². The van der Waals surface area contributed by atoms with Crippen molar-refractivity contribution in [2.75, 3.05) is 20.1 Å². The summed E-state index contributed by atoms with van der Waals surface area (Å²) in [5.41, 5.74) is 3.44. The van der Waals surface area contributed by atoms with Crippen LogP contribution in [0.5, 0.6) is 5.88 Å². The summed E-state index contributed by atoms with van der Waals surface area (Å²) in [5.74, 6) is 0.357. The molecule has 1 aromatic heterocycles. The van der Waals surface area contributed by atoms with Crippen LogP contribution < -0.4 is 0 Å². The fourth-order valence-electron chi connectivity index (χ4n) is 5.81. The van der Waals surface area contributed by atoms with Gasteiger partial charge in [0.1, 0.15) is 0 Å². The molecule has 1 aliphatic heterocycles. The SMILES string of the molecule is CCCCN(C)S(=O)(=O)c1ccc2[nH]c(O)c(C(=Nc3ccc(C(=O)N4CC5C=CC4C5)cc3)c3ccccc3)c2c1. The van der Waals surface area contributed by atoms with Crippen LogP contribution >= 0.6 is 0 Å². The molecule has 9 heteroatoms. The Labute approximate surface area is 246 Å². The average Bonchev–Trinajstić information content (AvgIpc) is 3.73. The summed E-state index contributed by atoms with van der Waals surface area (Å²) in [6.45, 7) is 3.20. The smallest absolute Gasteiger partial charge is 0.254 e. The molecule has 6 rings (SSSR count). The number of fused-ring (bicyclic) bond motifs is 3. The van der Waals surface area contributed by atoms with Crippen LogP contribution in [-0.4, -0.2) is 65.5 Å². The second-order valence-corrected chi connectivity index (χ2v) is 13.1. The summed E-state index contributed by atoms with van der Waals surface area (Å²) in [6, 6.07) is 21.6. The number of unbranched alkanes of at least 4 members (excludes halogenated alkanes) is 1. The van der Waals surface area contributed by atoms with Crippen LogP contribution in [0.15, 0.2) is 94.8 Å². The Morgan fingerprint density at radius 1 is 1.05 bits per heavy atom. The summed E-state index contributed by atoms with van der Waals surface area (Å²) in [5, 5.41) is 11.6. The number of amides is 1. The van der Waals surface area contributed by atoms with Crippen LogP contribution in [0.2, 0.25) is 0 Å². The standard InChI is InChI=1S/C33H34N4O4S/c1-3-4-18-36(2)42(40,41)27-16-17-29-28(20-27)30(32(38)35-29)31(23-8-6-5-7-9-23)34-25-13-11-24(12-14-25)33(39)37-21-22-10-15-26(37)19-22/h5-17,20,22,26,35,38H,3-4,18-19,21H2,1-2H3. The Bertz CT molecular complexity index is 1790. The van der Waals surface area contributed by atoms with Crippen molar-refractivity contribution in [3.05, 3.63) is 102 Å². The largest absolute Gasteiger partial charge is 0.494 e. The van der Waals surface area contributed by atoms with E-state index < -0.39 is 10.0 Å². The number of carbonyl (C=O) groups is 1. The van der Waals surface area contributed by atoms with Gasteiger partial charge in [0.15, 0.2) is 5.88 Å². The van der Waals surface area contributed by atoms with Crippen LogP contribution in [-0.2, 0) is 10.0 Å². The highest BCUT2D eigenvalue weighted by atomic mass is 32.2. The number of H-pyrrole nitrogens is 1. The Morgan fingerprint density at radius 3 is 2.48 bits per heavy atom. The van der Waals surface area contributed by atoms with E-state index in [0.29, 0.717) is 45.9 Å². The van der Waals surface area contributed by atoms with Crippen molar-refractivity contribution < 1.29 is 18.3 Å². The van der Waals surface area contributed by atoms with Gasteiger partial charge in [-0.3, -0.25) is 4.79 Å². The minimum Gasteiger partial charge on any atom is -0.494 e. The van der Waals surface area contributed by atoms with Crippen LogP contribution in [0.1, 0.15) is 47.7 Å². The van der Waals surface area contributed by atoms with E-state index in [9.17, 15) is 18.3 Å². The van der Waals surface area contributed by atoms with Gasteiger partial charge in [-0.15, -0.1) is 0 Å². The Hall–Kier alpha value is -4.21. The fourth-order valence-corrected chi connectivity index (χ4v) is 7.05. The maximum Gasteiger partial charge on any atom is 0.254 e. The maximum absolute atomic E-state index is 13.3. The van der Waals surface area contributed by atoms with E-state index in [1.54, 1.807) is 49.5 Å². The van der Waals surface area contributed by atoms with E-state index >= 15 is 0 Å². The maximum atomic E-state index is 13.3. The third-order valence-corrected chi connectivity index (χ3v) is 10.0. The number of rotatable bonds is 9. The number of benzene rings is 3. The number of carbonyl (C=O) groups excluding carboxylic acids is 1. The second-order valence-electron chi connectivity index (χ2n) is 11.0.